The predicted molar refractivity (Wildman–Crippen MR) is 94.4 cm³/mol. The average Bonchev–Trinajstić information content (AvgIpc) is 2.90. The molecule has 0 saturated carbocycles. The first-order valence-corrected chi connectivity index (χ1v) is 8.28. The van der Waals surface area contributed by atoms with Gasteiger partial charge in [-0.3, -0.25) is 4.57 Å². The van der Waals surface area contributed by atoms with Gasteiger partial charge in [0.05, 0.1) is 12.7 Å². The third-order valence-electron chi connectivity index (χ3n) is 3.66. The van der Waals surface area contributed by atoms with Crippen molar-refractivity contribution >= 4 is 23.8 Å². The highest BCUT2D eigenvalue weighted by Crippen LogP contribution is 2.14. The molecule has 2 aromatic carbocycles. The minimum absolute atomic E-state index is 0.223. The van der Waals surface area contributed by atoms with E-state index >= 15 is 0 Å². The summed E-state index contributed by atoms with van der Waals surface area (Å²) in [5.74, 6) is -0.223. The zero-order chi connectivity index (χ0) is 17.1. The van der Waals surface area contributed by atoms with E-state index < -0.39 is 0 Å². The molecule has 7 heteroatoms. The van der Waals surface area contributed by atoms with Crippen LogP contribution in [0.5, 0.6) is 0 Å². The maximum atomic E-state index is 13.0. The first kappa shape index (κ1) is 16.8. The Kier molecular flexibility index (Phi) is 5.08. The summed E-state index contributed by atoms with van der Waals surface area (Å²) in [4.78, 5) is 1.19. The lowest BCUT2D eigenvalue weighted by Crippen LogP contribution is -3.07. The Bertz CT molecular complexity index is 888. The Morgan fingerprint density at radius 3 is 2.67 bits per heavy atom. The van der Waals surface area contributed by atoms with Gasteiger partial charge in [0.2, 0.25) is 4.77 Å². The van der Waals surface area contributed by atoms with Gasteiger partial charge >= 0.3 is 0 Å². The summed E-state index contributed by atoms with van der Waals surface area (Å²) in [6.07, 6.45) is 1.69. The Hall–Kier alpha value is -2.02. The van der Waals surface area contributed by atoms with Crippen LogP contribution < -0.4 is 4.90 Å². The third-order valence-corrected chi connectivity index (χ3v) is 4.30. The van der Waals surface area contributed by atoms with E-state index in [0.717, 1.165) is 17.8 Å². The van der Waals surface area contributed by atoms with Crippen molar-refractivity contribution in [3.8, 4) is 5.69 Å². The number of hydrogen-bond donors (Lipinski definition) is 1. The van der Waals surface area contributed by atoms with Crippen molar-refractivity contribution < 1.29 is 9.29 Å². The van der Waals surface area contributed by atoms with Gasteiger partial charge in [-0.05, 0) is 42.5 Å². The van der Waals surface area contributed by atoms with Crippen molar-refractivity contribution in [2.45, 2.75) is 13.2 Å². The predicted octanol–water partition coefficient (Wildman–Crippen LogP) is 2.87. The summed E-state index contributed by atoms with van der Waals surface area (Å²) in [5.41, 5.74) is 1.95. The minimum Gasteiger partial charge on any atom is -0.315 e. The molecule has 3 aromatic rings. The van der Waals surface area contributed by atoms with Gasteiger partial charge < -0.3 is 4.90 Å². The Balaban J connectivity index is 1.74. The topological polar surface area (TPSA) is 27.2 Å². The first-order chi connectivity index (χ1) is 11.5. The molecule has 3 rings (SSSR count). The molecule has 0 aliphatic heterocycles. The molecule has 0 bridgehead atoms. The summed E-state index contributed by atoms with van der Waals surface area (Å²) < 4.78 is 17.2. The Morgan fingerprint density at radius 1 is 1.21 bits per heavy atom. The van der Waals surface area contributed by atoms with Crippen LogP contribution in [-0.4, -0.2) is 21.4 Å². The molecule has 0 aliphatic rings. The molecule has 4 nitrogen and oxygen atoms in total. The lowest BCUT2D eigenvalue weighted by molar-refractivity contribution is -0.917. The highest BCUT2D eigenvalue weighted by molar-refractivity contribution is 7.71. The van der Waals surface area contributed by atoms with E-state index in [-0.39, 0.29) is 5.82 Å². The monoisotopic (exact) mass is 363 g/mol. The summed E-state index contributed by atoms with van der Waals surface area (Å²) in [6, 6.07) is 14.0. The number of halogens is 2. The van der Waals surface area contributed by atoms with Crippen LogP contribution in [0.25, 0.3) is 5.69 Å². The van der Waals surface area contributed by atoms with Crippen LogP contribution >= 0.6 is 23.8 Å². The van der Waals surface area contributed by atoms with Gasteiger partial charge in [0.1, 0.15) is 18.7 Å². The number of nitrogens with one attached hydrogen (secondary N) is 1. The summed E-state index contributed by atoms with van der Waals surface area (Å²) in [6.45, 7) is 1.37. The van der Waals surface area contributed by atoms with Crippen LogP contribution in [-0.2, 0) is 13.2 Å². The van der Waals surface area contributed by atoms with Gasteiger partial charge in [0, 0.05) is 10.6 Å². The van der Waals surface area contributed by atoms with Crippen LogP contribution in [0.2, 0.25) is 5.02 Å². The molecular weight excluding hydrogens is 347 g/mol. The quantitative estimate of drug-likeness (QED) is 0.706. The molecule has 0 aliphatic carbocycles. The number of rotatable bonds is 5. The molecule has 0 amide bonds. The van der Waals surface area contributed by atoms with Gasteiger partial charge in [-0.1, -0.05) is 29.8 Å². The second-order valence-corrected chi connectivity index (χ2v) is 6.48. The van der Waals surface area contributed by atoms with Gasteiger partial charge in [-0.15, -0.1) is 0 Å². The smallest absolute Gasteiger partial charge is 0.207 e. The fraction of sp³-hybridized carbons (Fsp3) is 0.176. The van der Waals surface area contributed by atoms with Crippen molar-refractivity contribution in [3.63, 3.8) is 0 Å². The lowest BCUT2D eigenvalue weighted by Gasteiger charge is -2.13. The van der Waals surface area contributed by atoms with E-state index in [1.807, 2.05) is 35.9 Å². The molecule has 0 spiro atoms. The zero-order valence-electron chi connectivity index (χ0n) is 13.1. The van der Waals surface area contributed by atoms with Gasteiger partial charge in [-0.25, -0.2) is 4.39 Å². The van der Waals surface area contributed by atoms with Crippen molar-refractivity contribution in [2.24, 2.45) is 0 Å². The molecular formula is C17H17ClFN4S+. The maximum Gasteiger partial charge on any atom is 0.207 e. The molecule has 124 valence electrons. The molecule has 1 heterocycles. The highest BCUT2D eigenvalue weighted by atomic mass is 35.5. The van der Waals surface area contributed by atoms with E-state index in [0.29, 0.717) is 16.5 Å². The SMILES string of the molecule is C[NH+](Cc1ccc(F)cc1)Cn1ncn(-c2cccc(Cl)c2)c1=S. The van der Waals surface area contributed by atoms with Crippen molar-refractivity contribution in [2.75, 3.05) is 7.05 Å². The Labute approximate surface area is 149 Å². The molecule has 24 heavy (non-hydrogen) atoms. The minimum atomic E-state index is -0.223. The molecule has 1 N–H and O–H groups in total. The Morgan fingerprint density at radius 2 is 1.96 bits per heavy atom. The molecule has 1 atom stereocenters. The van der Waals surface area contributed by atoms with Crippen LogP contribution in [0.4, 0.5) is 4.39 Å². The fourth-order valence-corrected chi connectivity index (χ4v) is 2.96. The van der Waals surface area contributed by atoms with Crippen molar-refractivity contribution in [3.05, 3.63) is 76.0 Å². The van der Waals surface area contributed by atoms with Crippen LogP contribution in [0.3, 0.4) is 0 Å². The summed E-state index contributed by atoms with van der Waals surface area (Å²) in [7, 11) is 2.05. The van der Waals surface area contributed by atoms with E-state index in [9.17, 15) is 4.39 Å². The van der Waals surface area contributed by atoms with Crippen molar-refractivity contribution in [1.82, 2.24) is 14.3 Å². The molecule has 0 radical (unpaired) electrons. The average molecular weight is 364 g/mol. The molecule has 0 fully saturated rings. The van der Waals surface area contributed by atoms with Gasteiger partial charge in [0.25, 0.3) is 0 Å². The number of aromatic nitrogens is 3. The largest absolute Gasteiger partial charge is 0.315 e. The number of quaternary nitrogens is 1. The number of hydrogen-bond acceptors (Lipinski definition) is 2. The van der Waals surface area contributed by atoms with Gasteiger partial charge in [-0.2, -0.15) is 9.78 Å². The number of nitrogens with zero attached hydrogens (tertiary/aromatic N) is 3. The first-order valence-electron chi connectivity index (χ1n) is 7.49. The van der Waals surface area contributed by atoms with Crippen molar-refractivity contribution in [1.29, 1.82) is 0 Å². The highest BCUT2D eigenvalue weighted by Gasteiger charge is 2.09. The number of benzene rings is 2. The molecule has 1 unspecified atom stereocenters. The second kappa shape index (κ2) is 7.25. The van der Waals surface area contributed by atoms with E-state index in [1.165, 1.54) is 17.0 Å². The summed E-state index contributed by atoms with van der Waals surface area (Å²) >= 11 is 11.5. The normalized spacial score (nSPS) is 12.3. The molecule has 1 aromatic heterocycles. The molecule has 0 saturated heterocycles. The van der Waals surface area contributed by atoms with Crippen LogP contribution in [0, 0.1) is 10.6 Å². The second-order valence-electron chi connectivity index (χ2n) is 5.68. The zero-order valence-corrected chi connectivity index (χ0v) is 14.7. The van der Waals surface area contributed by atoms with Crippen LogP contribution in [0.1, 0.15) is 5.56 Å². The third kappa shape index (κ3) is 3.90. The maximum absolute atomic E-state index is 13.0. The van der Waals surface area contributed by atoms with Gasteiger partial charge in [0.15, 0.2) is 6.67 Å². The standard InChI is InChI=1S/C17H16ClFN4S/c1-21(10-13-5-7-15(19)8-6-13)12-23-17(24)22(11-20-23)16-4-2-3-14(18)9-16/h2-9,11H,10,12H2,1H3/p+1. The summed E-state index contributed by atoms with van der Waals surface area (Å²) in [5, 5.41) is 5.02. The van der Waals surface area contributed by atoms with Crippen LogP contribution in [0.15, 0.2) is 54.9 Å². The fourth-order valence-electron chi connectivity index (χ4n) is 2.51. The van der Waals surface area contributed by atoms with E-state index in [2.05, 4.69) is 5.10 Å². The lowest BCUT2D eigenvalue weighted by atomic mass is 10.2. The van der Waals surface area contributed by atoms with E-state index in [4.69, 9.17) is 23.8 Å². The van der Waals surface area contributed by atoms with E-state index in [1.54, 1.807) is 23.1 Å².